The van der Waals surface area contributed by atoms with Crippen LogP contribution in [0.2, 0.25) is 0 Å². The average molecular weight is 576 g/mol. The van der Waals surface area contributed by atoms with Crippen LogP contribution < -0.4 is 49.9 Å². The number of hydrogen-bond acceptors (Lipinski definition) is 7. The maximum atomic E-state index is 14.1. The fraction of sp³-hybridized carbons (Fsp3) is 0.600. The third kappa shape index (κ3) is 8.22. The van der Waals surface area contributed by atoms with Gasteiger partial charge < -0.3 is 19.5 Å². The zero-order chi connectivity index (χ0) is 28.3. The van der Waals surface area contributed by atoms with Crippen LogP contribution in [0.15, 0.2) is 23.0 Å². The molecular weight excluding hydrogens is 537 g/mol. The van der Waals surface area contributed by atoms with E-state index in [1.807, 2.05) is 20.8 Å². The molecule has 2 heterocycles. The van der Waals surface area contributed by atoms with Gasteiger partial charge in [0.1, 0.15) is 6.10 Å². The smallest absolute Gasteiger partial charge is 0.544 e. The van der Waals surface area contributed by atoms with Crippen LogP contribution in [0.3, 0.4) is 0 Å². The van der Waals surface area contributed by atoms with Gasteiger partial charge in [0.25, 0.3) is 5.56 Å². The molecule has 0 radical (unpaired) electrons. The van der Waals surface area contributed by atoms with Crippen molar-refractivity contribution in [2.45, 2.75) is 91.2 Å². The summed E-state index contributed by atoms with van der Waals surface area (Å²) in [5, 5.41) is 16.4. The minimum Gasteiger partial charge on any atom is -0.544 e. The zero-order valence-electron chi connectivity index (χ0n) is 24.5. The molecule has 40 heavy (non-hydrogen) atoms. The maximum Gasteiger partial charge on any atom is 1.00 e. The van der Waals surface area contributed by atoms with Gasteiger partial charge in [-0.1, -0.05) is 18.8 Å². The summed E-state index contributed by atoms with van der Waals surface area (Å²) in [7, 11) is 1.58. The van der Waals surface area contributed by atoms with E-state index in [2.05, 4.69) is 23.9 Å². The summed E-state index contributed by atoms with van der Waals surface area (Å²) in [6.07, 6.45) is 6.21. The number of aromatic nitrogens is 2. The molecule has 2 aromatic rings. The van der Waals surface area contributed by atoms with Crippen LogP contribution in [0, 0.1) is 29.1 Å². The van der Waals surface area contributed by atoms with Gasteiger partial charge in [-0.15, -0.1) is 16.4 Å². The quantitative estimate of drug-likeness (QED) is 0.378. The normalized spacial score (nSPS) is 22.8. The SMILES string of the molecule is CC1CCC(C(=O)N(c2cc(C#CC(C)(C)C)sc2C(=O)[O-])C2CCC(Oc3ccc(=O)n(C)n3)CC2)CC1.[Na+]. The Hall–Kier alpha value is -2.12. The number of aromatic carboxylic acids is 1. The van der Waals surface area contributed by atoms with E-state index in [0.29, 0.717) is 48.0 Å². The minimum atomic E-state index is -1.29. The molecule has 2 saturated carbocycles. The second-order valence-electron chi connectivity index (χ2n) is 12.0. The summed E-state index contributed by atoms with van der Waals surface area (Å²) >= 11 is 1.08. The molecule has 2 aromatic heterocycles. The van der Waals surface area contributed by atoms with Gasteiger partial charge in [-0.05, 0) is 84.1 Å². The number of anilines is 1. The van der Waals surface area contributed by atoms with Gasteiger partial charge in [0, 0.05) is 36.6 Å². The van der Waals surface area contributed by atoms with E-state index >= 15 is 0 Å². The Morgan fingerprint density at radius 1 is 1.10 bits per heavy atom. The molecule has 8 nitrogen and oxygen atoms in total. The topological polar surface area (TPSA) is 105 Å². The maximum absolute atomic E-state index is 14.1. The van der Waals surface area contributed by atoms with E-state index in [4.69, 9.17) is 4.74 Å². The fourth-order valence-electron chi connectivity index (χ4n) is 5.35. The largest absolute Gasteiger partial charge is 1.00 e. The van der Waals surface area contributed by atoms with Crippen LogP contribution in [0.4, 0.5) is 5.69 Å². The molecule has 2 aliphatic carbocycles. The Bertz CT molecular complexity index is 1320. The molecule has 1 amide bonds. The molecule has 210 valence electrons. The van der Waals surface area contributed by atoms with Crippen LogP contribution in [0.1, 0.15) is 93.6 Å². The second kappa shape index (κ2) is 13.7. The molecule has 0 atom stereocenters. The van der Waals surface area contributed by atoms with Crippen molar-refractivity contribution in [1.29, 1.82) is 0 Å². The van der Waals surface area contributed by atoms with Gasteiger partial charge >= 0.3 is 29.6 Å². The summed E-state index contributed by atoms with van der Waals surface area (Å²) < 4.78 is 7.29. The Kier molecular flexibility index (Phi) is 11.1. The van der Waals surface area contributed by atoms with E-state index in [9.17, 15) is 19.5 Å². The van der Waals surface area contributed by atoms with Crippen molar-refractivity contribution >= 4 is 28.9 Å². The van der Waals surface area contributed by atoms with Crippen molar-refractivity contribution in [3.8, 4) is 17.7 Å². The third-order valence-corrected chi connectivity index (χ3v) is 8.57. The number of ether oxygens (including phenoxy) is 1. The number of carboxylic acid groups (broad SMARTS) is 1. The molecule has 0 saturated heterocycles. The van der Waals surface area contributed by atoms with Crippen molar-refractivity contribution in [3.63, 3.8) is 0 Å². The van der Waals surface area contributed by atoms with E-state index in [0.717, 1.165) is 37.0 Å². The Balaban J connectivity index is 0.00000441. The van der Waals surface area contributed by atoms with Crippen molar-refractivity contribution in [1.82, 2.24) is 9.78 Å². The molecule has 0 aromatic carbocycles. The number of carboxylic acids is 1. The molecule has 0 bridgehead atoms. The van der Waals surface area contributed by atoms with Gasteiger partial charge in [-0.25, -0.2) is 4.68 Å². The van der Waals surface area contributed by atoms with Gasteiger partial charge in [-0.2, -0.15) is 0 Å². The summed E-state index contributed by atoms with van der Waals surface area (Å²) in [4.78, 5) is 40.4. The Labute approximate surface area is 262 Å². The van der Waals surface area contributed by atoms with Crippen molar-refractivity contribution < 1.29 is 49.0 Å². The minimum absolute atomic E-state index is 0. The zero-order valence-corrected chi connectivity index (χ0v) is 27.3. The molecule has 0 spiro atoms. The number of carbonyl (C=O) groups is 2. The molecule has 0 N–H and O–H groups in total. The predicted molar refractivity (Wildman–Crippen MR) is 150 cm³/mol. The molecule has 2 fully saturated rings. The average Bonchev–Trinajstić information content (AvgIpc) is 3.30. The van der Waals surface area contributed by atoms with E-state index in [1.165, 1.54) is 10.7 Å². The first-order chi connectivity index (χ1) is 18.4. The van der Waals surface area contributed by atoms with Crippen LogP contribution in [0.25, 0.3) is 0 Å². The van der Waals surface area contributed by atoms with Gasteiger partial charge in [0.15, 0.2) is 0 Å². The standard InChI is InChI=1S/C30H39N3O5S.Na/c1-19-6-8-20(9-7-19)28(35)33(24-18-23(16-17-30(2,3)4)39-27(24)29(36)37)21-10-12-22(13-11-21)38-25-14-15-26(34)32(5)31-25;/h14-15,18-22H,6-13H2,1-5H3,(H,36,37);/q;+1/p-1. The third-order valence-electron chi connectivity index (χ3n) is 7.55. The second-order valence-corrected chi connectivity index (χ2v) is 13.0. The number of aryl methyl sites for hydroxylation is 1. The number of amides is 1. The number of carbonyl (C=O) groups excluding carboxylic acids is 2. The Morgan fingerprint density at radius 3 is 2.33 bits per heavy atom. The van der Waals surface area contributed by atoms with Crippen molar-refractivity contribution in [3.05, 3.63) is 38.3 Å². The summed E-state index contributed by atoms with van der Waals surface area (Å²) in [6, 6.07) is 4.61. The number of thiophene rings is 1. The van der Waals surface area contributed by atoms with E-state index in [-0.39, 0.29) is 69.4 Å². The van der Waals surface area contributed by atoms with E-state index < -0.39 is 5.97 Å². The summed E-state index contributed by atoms with van der Waals surface area (Å²) in [6.45, 7) is 8.21. The molecule has 10 heteroatoms. The summed E-state index contributed by atoms with van der Waals surface area (Å²) in [5.74, 6) is 5.87. The van der Waals surface area contributed by atoms with Crippen LogP contribution in [-0.2, 0) is 11.8 Å². The van der Waals surface area contributed by atoms with Crippen molar-refractivity contribution in [2.75, 3.05) is 4.90 Å². The monoisotopic (exact) mass is 575 g/mol. The van der Waals surface area contributed by atoms with Crippen LogP contribution in [-0.4, -0.2) is 33.8 Å². The molecule has 0 aliphatic heterocycles. The Morgan fingerprint density at radius 2 is 1.75 bits per heavy atom. The first-order valence-electron chi connectivity index (χ1n) is 13.8. The van der Waals surface area contributed by atoms with Gasteiger partial charge in [-0.3, -0.25) is 9.59 Å². The molecule has 2 aliphatic rings. The fourth-order valence-corrected chi connectivity index (χ4v) is 6.19. The molecule has 0 unspecified atom stereocenters. The van der Waals surface area contributed by atoms with Gasteiger partial charge in [0.2, 0.25) is 11.8 Å². The number of hydrogen-bond donors (Lipinski definition) is 0. The van der Waals surface area contributed by atoms with Crippen LogP contribution >= 0.6 is 11.3 Å². The molecule has 4 rings (SSSR count). The first-order valence-corrected chi connectivity index (χ1v) is 14.7. The molecular formula is C30H38N3NaO5S. The van der Waals surface area contributed by atoms with E-state index in [1.54, 1.807) is 24.1 Å². The van der Waals surface area contributed by atoms with Crippen molar-refractivity contribution in [2.24, 2.45) is 24.3 Å². The number of nitrogens with zero attached hydrogens (tertiary/aromatic N) is 3. The van der Waals surface area contributed by atoms with Crippen LogP contribution in [0.5, 0.6) is 5.88 Å². The predicted octanol–water partition coefficient (Wildman–Crippen LogP) is 1.16. The van der Waals surface area contributed by atoms with Gasteiger partial charge in [0.05, 0.1) is 21.4 Å². The summed E-state index contributed by atoms with van der Waals surface area (Å²) in [5.41, 5.74) is -0.0347. The number of rotatable bonds is 6. The first kappa shape index (κ1) is 32.4.